The van der Waals surface area contributed by atoms with Crippen molar-refractivity contribution in [2.24, 2.45) is 0 Å². The molecule has 7 nitrogen and oxygen atoms in total. The first kappa shape index (κ1) is 16.2. The van der Waals surface area contributed by atoms with Crippen LogP contribution in [0.25, 0.3) is 11.6 Å². The number of rotatable bonds is 6. The van der Waals surface area contributed by atoms with Gasteiger partial charge in [0.25, 0.3) is 11.1 Å². The van der Waals surface area contributed by atoms with Crippen molar-refractivity contribution in [2.45, 2.75) is 18.7 Å². The van der Waals surface area contributed by atoms with Crippen LogP contribution >= 0.6 is 11.8 Å². The van der Waals surface area contributed by atoms with E-state index in [0.717, 1.165) is 11.8 Å². The minimum Gasteiger partial charge on any atom is -0.409 e. The second-order valence-electron chi connectivity index (χ2n) is 4.85. The Morgan fingerprint density at radius 1 is 1.33 bits per heavy atom. The van der Waals surface area contributed by atoms with Crippen molar-refractivity contribution in [1.29, 1.82) is 0 Å². The Bertz CT molecular complexity index is 849. The van der Waals surface area contributed by atoms with E-state index < -0.39 is 0 Å². The zero-order chi connectivity index (χ0) is 16.9. The predicted molar refractivity (Wildman–Crippen MR) is 83.5 cm³/mol. The molecule has 3 rings (SSSR count). The number of hydrogen-bond donors (Lipinski definition) is 1. The molecule has 1 N–H and O–H groups in total. The lowest BCUT2D eigenvalue weighted by molar-refractivity contribution is -0.118. The molecule has 0 bridgehead atoms. The van der Waals surface area contributed by atoms with Gasteiger partial charge in [-0.05, 0) is 13.0 Å². The molecule has 3 aromatic rings. The molecule has 1 aromatic carbocycles. The third-order valence-electron chi connectivity index (χ3n) is 3.01. The number of aromatic nitrogens is 3. The molecule has 0 spiro atoms. The number of benzene rings is 1. The Balaban J connectivity index is 1.50. The highest BCUT2D eigenvalue weighted by atomic mass is 32.2. The van der Waals surface area contributed by atoms with Gasteiger partial charge >= 0.3 is 0 Å². The van der Waals surface area contributed by atoms with Crippen molar-refractivity contribution in [3.63, 3.8) is 0 Å². The van der Waals surface area contributed by atoms with Crippen molar-refractivity contribution in [3.8, 4) is 11.6 Å². The Morgan fingerprint density at radius 3 is 2.92 bits per heavy atom. The van der Waals surface area contributed by atoms with Crippen LogP contribution in [0.2, 0.25) is 0 Å². The predicted octanol–water partition coefficient (Wildman–Crippen LogP) is 2.58. The fourth-order valence-corrected chi connectivity index (χ4v) is 2.45. The van der Waals surface area contributed by atoms with Crippen molar-refractivity contribution in [3.05, 3.63) is 47.5 Å². The highest BCUT2D eigenvalue weighted by Gasteiger charge is 2.14. The van der Waals surface area contributed by atoms with Gasteiger partial charge in [0.05, 0.1) is 5.75 Å². The van der Waals surface area contributed by atoms with Crippen molar-refractivity contribution in [1.82, 2.24) is 20.7 Å². The molecular formula is C15H13FN4O3S. The molecule has 1 amide bonds. The summed E-state index contributed by atoms with van der Waals surface area (Å²) in [4.78, 5) is 11.8. The summed E-state index contributed by atoms with van der Waals surface area (Å²) in [5.74, 6) is 0.315. The maximum Gasteiger partial charge on any atom is 0.277 e. The van der Waals surface area contributed by atoms with Gasteiger partial charge in [-0.25, -0.2) is 4.39 Å². The average Bonchev–Trinajstić information content (AvgIpc) is 3.21. The lowest BCUT2D eigenvalue weighted by Gasteiger charge is -2.05. The number of nitrogens with zero attached hydrogens (tertiary/aromatic N) is 3. The van der Waals surface area contributed by atoms with Crippen molar-refractivity contribution in [2.75, 3.05) is 5.75 Å². The van der Waals surface area contributed by atoms with E-state index in [4.69, 9.17) is 8.94 Å². The smallest absolute Gasteiger partial charge is 0.277 e. The lowest BCUT2D eigenvalue weighted by atomic mass is 10.2. The van der Waals surface area contributed by atoms with Gasteiger partial charge in [0, 0.05) is 18.2 Å². The number of carbonyl (C=O) groups excluding carboxylic acids is 1. The van der Waals surface area contributed by atoms with Gasteiger partial charge in [0.1, 0.15) is 11.6 Å². The van der Waals surface area contributed by atoms with E-state index in [0.29, 0.717) is 17.0 Å². The second kappa shape index (κ2) is 7.26. The summed E-state index contributed by atoms with van der Waals surface area (Å²) in [6.07, 6.45) is 0. The molecule has 0 saturated heterocycles. The van der Waals surface area contributed by atoms with E-state index in [9.17, 15) is 9.18 Å². The number of thioether (sulfide) groups is 1. The zero-order valence-corrected chi connectivity index (χ0v) is 13.5. The van der Waals surface area contributed by atoms with Crippen molar-refractivity contribution < 1.29 is 18.1 Å². The third kappa shape index (κ3) is 3.99. The van der Waals surface area contributed by atoms with Crippen LogP contribution in [0.15, 0.2) is 44.5 Å². The number of nitrogens with one attached hydrogen (secondary N) is 1. The van der Waals surface area contributed by atoms with Gasteiger partial charge in [-0.3, -0.25) is 4.79 Å². The standard InChI is InChI=1S/C15H13FN4O3S/c1-9-6-12(20-23-9)14-18-19-15(22-14)24-8-13(21)17-7-10-4-2-3-5-11(10)16/h2-6H,7-8H2,1H3,(H,17,21). The van der Waals surface area contributed by atoms with Crippen LogP contribution in [0.3, 0.4) is 0 Å². The number of halogens is 1. The number of carbonyl (C=O) groups is 1. The van der Waals surface area contributed by atoms with E-state index in [1.54, 1.807) is 31.2 Å². The van der Waals surface area contributed by atoms with Gasteiger partial charge in [-0.2, -0.15) is 0 Å². The molecule has 0 fully saturated rings. The fourth-order valence-electron chi connectivity index (χ4n) is 1.85. The summed E-state index contributed by atoms with van der Waals surface area (Å²) in [7, 11) is 0. The van der Waals surface area contributed by atoms with Crippen LogP contribution in [0.5, 0.6) is 0 Å². The Morgan fingerprint density at radius 2 is 2.17 bits per heavy atom. The molecule has 0 aliphatic heterocycles. The van der Waals surface area contributed by atoms with Crippen molar-refractivity contribution >= 4 is 17.7 Å². The van der Waals surface area contributed by atoms with Crippen LogP contribution in [0, 0.1) is 12.7 Å². The first-order valence-corrected chi connectivity index (χ1v) is 8.00. The summed E-state index contributed by atoms with van der Waals surface area (Å²) < 4.78 is 23.8. The first-order chi connectivity index (χ1) is 11.6. The minimum atomic E-state index is -0.352. The van der Waals surface area contributed by atoms with Gasteiger partial charge < -0.3 is 14.3 Å². The molecular weight excluding hydrogens is 335 g/mol. The van der Waals surface area contributed by atoms with E-state index in [-0.39, 0.29) is 35.1 Å². The van der Waals surface area contributed by atoms with Crippen LogP contribution < -0.4 is 5.32 Å². The topological polar surface area (TPSA) is 94.1 Å². The van der Waals surface area contributed by atoms with Crippen LogP contribution in [0.1, 0.15) is 11.3 Å². The van der Waals surface area contributed by atoms with E-state index in [1.165, 1.54) is 6.07 Å². The number of aryl methyl sites for hydroxylation is 1. The molecule has 0 unspecified atom stereocenters. The maximum absolute atomic E-state index is 13.5. The monoisotopic (exact) mass is 348 g/mol. The molecule has 24 heavy (non-hydrogen) atoms. The third-order valence-corrected chi connectivity index (χ3v) is 3.83. The molecule has 124 valence electrons. The quantitative estimate of drug-likeness (QED) is 0.684. The minimum absolute atomic E-state index is 0.0773. The molecule has 0 aliphatic rings. The van der Waals surface area contributed by atoms with Crippen LogP contribution in [-0.2, 0) is 11.3 Å². The van der Waals surface area contributed by atoms with Crippen LogP contribution in [0.4, 0.5) is 4.39 Å². The summed E-state index contributed by atoms with van der Waals surface area (Å²) in [5, 5.41) is 14.3. The Hall–Kier alpha value is -2.68. The molecule has 0 saturated carbocycles. The summed E-state index contributed by atoms with van der Waals surface area (Å²) in [6.45, 7) is 1.88. The highest BCUT2D eigenvalue weighted by Crippen LogP contribution is 2.22. The summed E-state index contributed by atoms with van der Waals surface area (Å²) in [5.41, 5.74) is 0.869. The number of hydrogen-bond acceptors (Lipinski definition) is 7. The SMILES string of the molecule is Cc1cc(-c2nnc(SCC(=O)NCc3ccccc3F)o2)no1. The Kier molecular flexibility index (Phi) is 4.90. The van der Waals surface area contributed by atoms with E-state index >= 15 is 0 Å². The molecule has 0 radical (unpaired) electrons. The molecule has 9 heteroatoms. The fraction of sp³-hybridized carbons (Fsp3) is 0.200. The van der Waals surface area contributed by atoms with E-state index in [1.807, 2.05) is 0 Å². The number of amides is 1. The lowest BCUT2D eigenvalue weighted by Crippen LogP contribution is -2.25. The van der Waals surface area contributed by atoms with Crippen LogP contribution in [-0.4, -0.2) is 27.0 Å². The zero-order valence-electron chi connectivity index (χ0n) is 12.7. The summed E-state index contributed by atoms with van der Waals surface area (Å²) >= 11 is 1.09. The second-order valence-corrected chi connectivity index (χ2v) is 5.78. The first-order valence-electron chi connectivity index (χ1n) is 7.02. The highest BCUT2D eigenvalue weighted by molar-refractivity contribution is 7.99. The molecule has 2 heterocycles. The van der Waals surface area contributed by atoms with Gasteiger partial charge in [-0.15, -0.1) is 10.2 Å². The van der Waals surface area contributed by atoms with Gasteiger partial charge in [0.15, 0.2) is 5.69 Å². The van der Waals surface area contributed by atoms with Gasteiger partial charge in [0.2, 0.25) is 5.91 Å². The van der Waals surface area contributed by atoms with Gasteiger partial charge in [-0.1, -0.05) is 35.1 Å². The Labute approximate surface area is 140 Å². The summed E-state index contributed by atoms with van der Waals surface area (Å²) in [6, 6.07) is 7.95. The van der Waals surface area contributed by atoms with E-state index in [2.05, 4.69) is 20.7 Å². The normalized spacial score (nSPS) is 10.8. The molecule has 2 aromatic heterocycles. The largest absolute Gasteiger partial charge is 0.409 e. The molecule has 0 atom stereocenters. The maximum atomic E-state index is 13.5. The molecule has 0 aliphatic carbocycles. The average molecular weight is 348 g/mol.